The van der Waals surface area contributed by atoms with Crippen LogP contribution in [0.4, 0.5) is 5.69 Å². The fourth-order valence-electron chi connectivity index (χ4n) is 1.44. The number of aryl methyl sites for hydroxylation is 1. The van der Waals surface area contributed by atoms with Gasteiger partial charge in [-0.2, -0.15) is 0 Å². The average Bonchev–Trinajstić information content (AvgIpc) is 2.37. The van der Waals surface area contributed by atoms with Gasteiger partial charge in [-0.15, -0.1) is 0 Å². The number of benzene rings is 1. The molecule has 0 aliphatic carbocycles. The van der Waals surface area contributed by atoms with E-state index < -0.39 is 10.8 Å². The van der Waals surface area contributed by atoms with Gasteiger partial charge in [-0.25, -0.2) is 0 Å². The standard InChI is InChI=1S/C14H22N2O2S/c1-10-5-7-13(8-6-10)16-14(17)12(3)15-9-11(2)19(4)18/h5-8,11-12,15H,9H2,1-4H3,(H,16,17). The van der Waals surface area contributed by atoms with Crippen molar-refractivity contribution in [2.75, 3.05) is 18.1 Å². The lowest BCUT2D eigenvalue weighted by Crippen LogP contribution is -2.41. The molecule has 1 rings (SSSR count). The van der Waals surface area contributed by atoms with Gasteiger partial charge in [-0.3, -0.25) is 9.00 Å². The normalized spacial score (nSPS) is 15.6. The van der Waals surface area contributed by atoms with Crippen molar-refractivity contribution in [1.82, 2.24) is 5.32 Å². The molecule has 2 N–H and O–H groups in total. The van der Waals surface area contributed by atoms with Gasteiger partial charge in [-0.05, 0) is 32.9 Å². The van der Waals surface area contributed by atoms with E-state index in [1.54, 1.807) is 13.2 Å². The molecule has 0 aromatic heterocycles. The summed E-state index contributed by atoms with van der Waals surface area (Å²) in [6.07, 6.45) is 1.67. The lowest BCUT2D eigenvalue weighted by Gasteiger charge is -2.16. The van der Waals surface area contributed by atoms with Crippen molar-refractivity contribution in [3.05, 3.63) is 29.8 Å². The highest BCUT2D eigenvalue weighted by molar-refractivity contribution is 7.84. The molecule has 1 amide bonds. The van der Waals surface area contributed by atoms with Crippen LogP contribution >= 0.6 is 0 Å². The number of carbonyl (C=O) groups is 1. The molecule has 1 aromatic rings. The fourth-order valence-corrected chi connectivity index (χ4v) is 1.77. The van der Waals surface area contributed by atoms with Gasteiger partial charge in [-0.1, -0.05) is 17.7 Å². The smallest absolute Gasteiger partial charge is 0.241 e. The van der Waals surface area contributed by atoms with Gasteiger partial charge in [0.25, 0.3) is 0 Å². The van der Waals surface area contributed by atoms with E-state index in [4.69, 9.17) is 0 Å². The molecule has 106 valence electrons. The predicted molar refractivity (Wildman–Crippen MR) is 80.8 cm³/mol. The zero-order chi connectivity index (χ0) is 14.4. The molecule has 5 heteroatoms. The molecule has 0 heterocycles. The maximum atomic E-state index is 11.9. The van der Waals surface area contributed by atoms with Crippen molar-refractivity contribution >= 4 is 22.4 Å². The van der Waals surface area contributed by atoms with Gasteiger partial charge in [0.15, 0.2) is 0 Å². The Labute approximate surface area is 117 Å². The molecule has 0 radical (unpaired) electrons. The molecule has 0 bridgehead atoms. The average molecular weight is 282 g/mol. The third kappa shape index (κ3) is 5.53. The minimum atomic E-state index is -0.875. The van der Waals surface area contributed by atoms with E-state index in [1.807, 2.05) is 38.1 Å². The quantitative estimate of drug-likeness (QED) is 0.834. The molecule has 1 aromatic carbocycles. The molecule has 3 atom stereocenters. The first kappa shape index (κ1) is 15.9. The fraction of sp³-hybridized carbons (Fsp3) is 0.500. The van der Waals surface area contributed by atoms with E-state index in [1.165, 1.54) is 0 Å². The summed E-state index contributed by atoms with van der Waals surface area (Å²) in [7, 11) is -0.875. The van der Waals surface area contributed by atoms with Crippen molar-refractivity contribution in [3.8, 4) is 0 Å². The van der Waals surface area contributed by atoms with E-state index >= 15 is 0 Å². The Bertz CT molecular complexity index is 445. The Morgan fingerprint density at radius 1 is 1.26 bits per heavy atom. The molecule has 0 fully saturated rings. The maximum absolute atomic E-state index is 11.9. The van der Waals surface area contributed by atoms with Crippen molar-refractivity contribution in [2.24, 2.45) is 0 Å². The molecule has 0 saturated carbocycles. The molecule has 19 heavy (non-hydrogen) atoms. The predicted octanol–water partition coefficient (Wildman–Crippen LogP) is 1.68. The number of hydrogen-bond acceptors (Lipinski definition) is 3. The summed E-state index contributed by atoms with van der Waals surface area (Å²) >= 11 is 0. The minimum absolute atomic E-state index is 0.0367. The maximum Gasteiger partial charge on any atom is 0.241 e. The van der Waals surface area contributed by atoms with Crippen molar-refractivity contribution < 1.29 is 9.00 Å². The summed E-state index contributed by atoms with van der Waals surface area (Å²) in [6.45, 7) is 6.26. The highest BCUT2D eigenvalue weighted by Crippen LogP contribution is 2.08. The van der Waals surface area contributed by atoms with E-state index in [2.05, 4.69) is 10.6 Å². The second kappa shape index (κ2) is 7.40. The van der Waals surface area contributed by atoms with Crippen LogP contribution in [0.3, 0.4) is 0 Å². The molecule has 0 aliphatic heterocycles. The largest absolute Gasteiger partial charge is 0.325 e. The number of carbonyl (C=O) groups excluding carboxylic acids is 1. The van der Waals surface area contributed by atoms with Gasteiger partial charge in [0.1, 0.15) is 0 Å². The molecular formula is C14H22N2O2S. The summed E-state index contributed by atoms with van der Waals surface area (Å²) in [5.74, 6) is -0.0852. The van der Waals surface area contributed by atoms with Crippen molar-refractivity contribution in [2.45, 2.75) is 32.1 Å². The van der Waals surface area contributed by atoms with E-state index in [0.29, 0.717) is 6.54 Å². The highest BCUT2D eigenvalue weighted by atomic mass is 32.2. The van der Waals surface area contributed by atoms with Crippen molar-refractivity contribution in [3.63, 3.8) is 0 Å². The molecule has 0 aliphatic rings. The summed E-state index contributed by atoms with van der Waals surface area (Å²) < 4.78 is 11.2. The summed E-state index contributed by atoms with van der Waals surface area (Å²) in [5.41, 5.74) is 1.94. The van der Waals surface area contributed by atoms with Gasteiger partial charge in [0, 0.05) is 34.5 Å². The Morgan fingerprint density at radius 3 is 2.37 bits per heavy atom. The number of nitrogens with one attached hydrogen (secondary N) is 2. The van der Waals surface area contributed by atoms with Crippen molar-refractivity contribution in [1.29, 1.82) is 0 Å². The van der Waals surface area contributed by atoms with Crippen LogP contribution in [0.15, 0.2) is 24.3 Å². The van der Waals surface area contributed by atoms with E-state index in [0.717, 1.165) is 11.3 Å². The third-order valence-corrected chi connectivity index (χ3v) is 4.29. The minimum Gasteiger partial charge on any atom is -0.325 e. The molecule has 0 spiro atoms. The Hall–Kier alpha value is -1.20. The van der Waals surface area contributed by atoms with Crippen LogP contribution in [0.25, 0.3) is 0 Å². The number of amides is 1. The summed E-state index contributed by atoms with van der Waals surface area (Å²) in [4.78, 5) is 11.9. The topological polar surface area (TPSA) is 58.2 Å². The molecule has 0 saturated heterocycles. The van der Waals surface area contributed by atoms with Gasteiger partial charge in [0.05, 0.1) is 6.04 Å². The first-order valence-electron chi connectivity index (χ1n) is 6.33. The lowest BCUT2D eigenvalue weighted by atomic mass is 10.2. The van der Waals surface area contributed by atoms with Crippen LogP contribution in [-0.4, -0.2) is 34.2 Å². The zero-order valence-electron chi connectivity index (χ0n) is 11.9. The number of anilines is 1. The zero-order valence-corrected chi connectivity index (χ0v) is 12.7. The van der Waals surface area contributed by atoms with Crippen LogP contribution in [0.1, 0.15) is 19.4 Å². The van der Waals surface area contributed by atoms with Crippen LogP contribution in [0.5, 0.6) is 0 Å². The second-order valence-electron chi connectivity index (χ2n) is 4.79. The van der Waals surface area contributed by atoms with E-state index in [-0.39, 0.29) is 17.2 Å². The monoisotopic (exact) mass is 282 g/mol. The summed E-state index contributed by atoms with van der Waals surface area (Å²) in [5, 5.41) is 5.97. The van der Waals surface area contributed by atoms with Crippen LogP contribution in [0.2, 0.25) is 0 Å². The number of rotatable bonds is 6. The summed E-state index contributed by atoms with van der Waals surface area (Å²) in [6, 6.07) is 7.35. The lowest BCUT2D eigenvalue weighted by molar-refractivity contribution is -0.117. The SMILES string of the molecule is Cc1ccc(NC(=O)C(C)NCC(C)S(C)=O)cc1. The first-order valence-corrected chi connectivity index (χ1v) is 7.95. The Morgan fingerprint density at radius 2 is 1.84 bits per heavy atom. The van der Waals surface area contributed by atoms with Gasteiger partial charge < -0.3 is 10.6 Å². The van der Waals surface area contributed by atoms with Gasteiger partial charge >= 0.3 is 0 Å². The molecule has 3 unspecified atom stereocenters. The number of hydrogen-bond donors (Lipinski definition) is 2. The molecule has 4 nitrogen and oxygen atoms in total. The van der Waals surface area contributed by atoms with Crippen LogP contribution in [-0.2, 0) is 15.6 Å². The Balaban J connectivity index is 2.44. The first-order chi connectivity index (χ1) is 8.90. The highest BCUT2D eigenvalue weighted by Gasteiger charge is 2.14. The Kier molecular flexibility index (Phi) is 6.18. The van der Waals surface area contributed by atoms with E-state index in [9.17, 15) is 9.00 Å². The van der Waals surface area contributed by atoms with Crippen LogP contribution < -0.4 is 10.6 Å². The second-order valence-corrected chi connectivity index (χ2v) is 6.60. The molecular weight excluding hydrogens is 260 g/mol. The van der Waals surface area contributed by atoms with Crippen LogP contribution in [0, 0.1) is 6.92 Å². The third-order valence-electron chi connectivity index (χ3n) is 2.99. The van der Waals surface area contributed by atoms with Gasteiger partial charge in [0.2, 0.25) is 5.91 Å².